The third-order valence-electron chi connectivity index (χ3n) is 2.71. The van der Waals surface area contributed by atoms with E-state index in [1.165, 1.54) is 0 Å². The lowest BCUT2D eigenvalue weighted by molar-refractivity contribution is 0.392. The highest BCUT2D eigenvalue weighted by atomic mass is 16.5. The third-order valence-corrected chi connectivity index (χ3v) is 2.71. The maximum absolute atomic E-state index is 5.34. The number of hydrogen-bond donors (Lipinski definition) is 0. The van der Waals surface area contributed by atoms with Crippen LogP contribution in [-0.4, -0.2) is 14.2 Å². The van der Waals surface area contributed by atoms with Crippen molar-refractivity contribution in [3.05, 3.63) is 59.7 Å². The molecular formula is C16H16O2. The minimum Gasteiger partial charge on any atom is -0.496 e. The van der Waals surface area contributed by atoms with E-state index in [9.17, 15) is 0 Å². The van der Waals surface area contributed by atoms with Crippen molar-refractivity contribution in [1.29, 1.82) is 0 Å². The Bertz CT molecular complexity index is 508. The van der Waals surface area contributed by atoms with Gasteiger partial charge in [0.15, 0.2) is 0 Å². The van der Waals surface area contributed by atoms with Crippen LogP contribution in [0.3, 0.4) is 0 Å². The van der Waals surface area contributed by atoms with Crippen molar-refractivity contribution < 1.29 is 9.47 Å². The molecule has 0 aliphatic carbocycles. The zero-order valence-corrected chi connectivity index (χ0v) is 10.6. The van der Waals surface area contributed by atoms with E-state index in [1.54, 1.807) is 14.2 Å². The van der Waals surface area contributed by atoms with Crippen molar-refractivity contribution in [2.24, 2.45) is 0 Å². The molecule has 0 atom stereocenters. The Morgan fingerprint density at radius 2 is 1.33 bits per heavy atom. The molecule has 18 heavy (non-hydrogen) atoms. The van der Waals surface area contributed by atoms with E-state index in [-0.39, 0.29) is 0 Å². The van der Waals surface area contributed by atoms with E-state index in [2.05, 4.69) is 12.1 Å². The van der Waals surface area contributed by atoms with Gasteiger partial charge in [0.25, 0.3) is 0 Å². The van der Waals surface area contributed by atoms with Crippen LogP contribution in [0.4, 0.5) is 0 Å². The molecule has 0 unspecified atom stereocenters. The van der Waals surface area contributed by atoms with Gasteiger partial charge in [-0.1, -0.05) is 42.5 Å². The molecule has 0 saturated carbocycles. The summed E-state index contributed by atoms with van der Waals surface area (Å²) >= 11 is 0. The molecule has 2 nitrogen and oxygen atoms in total. The van der Waals surface area contributed by atoms with E-state index >= 15 is 0 Å². The zero-order valence-electron chi connectivity index (χ0n) is 10.6. The van der Waals surface area contributed by atoms with Gasteiger partial charge in [0.2, 0.25) is 0 Å². The minimum atomic E-state index is 0.807. The van der Waals surface area contributed by atoms with Crippen molar-refractivity contribution in [2.75, 3.05) is 14.2 Å². The number of methoxy groups -OCH3 is 2. The van der Waals surface area contributed by atoms with Crippen molar-refractivity contribution in [3.8, 4) is 11.5 Å². The molecule has 0 N–H and O–H groups in total. The molecule has 92 valence electrons. The first-order chi connectivity index (χ1) is 8.85. The first-order valence-corrected chi connectivity index (χ1v) is 5.79. The van der Waals surface area contributed by atoms with Crippen LogP contribution in [0.1, 0.15) is 11.1 Å². The Morgan fingerprint density at radius 3 is 1.89 bits per heavy atom. The summed E-state index contributed by atoms with van der Waals surface area (Å²) in [5, 5.41) is 0. The van der Waals surface area contributed by atoms with Gasteiger partial charge in [0.1, 0.15) is 11.5 Å². The molecule has 0 fully saturated rings. The molecule has 2 aromatic rings. The molecule has 0 amide bonds. The predicted molar refractivity (Wildman–Crippen MR) is 74.9 cm³/mol. The SMILES string of the molecule is COc1cccc(OC)c1C=Cc1ccccc1. The summed E-state index contributed by atoms with van der Waals surface area (Å²) < 4.78 is 10.7. The minimum absolute atomic E-state index is 0.807. The van der Waals surface area contributed by atoms with Crippen LogP contribution in [0.25, 0.3) is 12.2 Å². The van der Waals surface area contributed by atoms with E-state index in [0.717, 1.165) is 22.6 Å². The van der Waals surface area contributed by atoms with Crippen molar-refractivity contribution in [1.82, 2.24) is 0 Å². The summed E-state index contributed by atoms with van der Waals surface area (Å²) in [5.74, 6) is 1.61. The van der Waals surface area contributed by atoms with Crippen LogP contribution >= 0.6 is 0 Å². The fourth-order valence-corrected chi connectivity index (χ4v) is 1.79. The summed E-state index contributed by atoms with van der Waals surface area (Å²) in [5.41, 5.74) is 2.09. The van der Waals surface area contributed by atoms with Gasteiger partial charge in [0, 0.05) is 0 Å². The Hall–Kier alpha value is -2.22. The Labute approximate surface area is 107 Å². The number of hydrogen-bond acceptors (Lipinski definition) is 2. The molecule has 0 aromatic heterocycles. The highest BCUT2D eigenvalue weighted by molar-refractivity contribution is 5.75. The van der Waals surface area contributed by atoms with Gasteiger partial charge >= 0.3 is 0 Å². The summed E-state index contributed by atoms with van der Waals surface area (Å²) in [7, 11) is 3.32. The van der Waals surface area contributed by atoms with Crippen LogP contribution in [-0.2, 0) is 0 Å². The predicted octanol–water partition coefficient (Wildman–Crippen LogP) is 3.87. The smallest absolute Gasteiger partial charge is 0.129 e. The molecule has 2 rings (SSSR count). The largest absolute Gasteiger partial charge is 0.496 e. The first kappa shape index (κ1) is 12.2. The van der Waals surface area contributed by atoms with E-state index in [1.807, 2.05) is 48.6 Å². The van der Waals surface area contributed by atoms with Gasteiger partial charge in [-0.05, 0) is 23.8 Å². The van der Waals surface area contributed by atoms with Crippen LogP contribution < -0.4 is 9.47 Å². The van der Waals surface area contributed by atoms with Crippen LogP contribution in [0.15, 0.2) is 48.5 Å². The topological polar surface area (TPSA) is 18.5 Å². The summed E-state index contributed by atoms with van der Waals surface area (Å²) in [6.07, 6.45) is 4.05. The van der Waals surface area contributed by atoms with E-state index < -0.39 is 0 Å². The fourth-order valence-electron chi connectivity index (χ4n) is 1.79. The molecule has 0 aliphatic rings. The number of rotatable bonds is 4. The van der Waals surface area contributed by atoms with Crippen LogP contribution in [0.2, 0.25) is 0 Å². The average Bonchev–Trinajstić information content (AvgIpc) is 2.45. The second-order valence-electron chi connectivity index (χ2n) is 3.82. The highest BCUT2D eigenvalue weighted by Gasteiger charge is 2.05. The first-order valence-electron chi connectivity index (χ1n) is 5.79. The van der Waals surface area contributed by atoms with Gasteiger partial charge in [0.05, 0.1) is 19.8 Å². The van der Waals surface area contributed by atoms with Crippen LogP contribution in [0.5, 0.6) is 11.5 Å². The molecular weight excluding hydrogens is 224 g/mol. The molecule has 0 spiro atoms. The normalized spacial score (nSPS) is 10.6. The molecule has 0 radical (unpaired) electrons. The summed E-state index contributed by atoms with van der Waals surface area (Å²) in [4.78, 5) is 0. The Balaban J connectivity index is 2.36. The quantitative estimate of drug-likeness (QED) is 0.755. The van der Waals surface area contributed by atoms with Crippen molar-refractivity contribution in [2.45, 2.75) is 0 Å². The van der Waals surface area contributed by atoms with E-state index in [4.69, 9.17) is 9.47 Å². The van der Waals surface area contributed by atoms with Crippen LogP contribution in [0, 0.1) is 0 Å². The van der Waals surface area contributed by atoms with E-state index in [0.29, 0.717) is 0 Å². The molecule has 0 heterocycles. The average molecular weight is 240 g/mol. The molecule has 0 bridgehead atoms. The molecule has 0 aliphatic heterocycles. The van der Waals surface area contributed by atoms with Gasteiger partial charge in [-0.3, -0.25) is 0 Å². The van der Waals surface area contributed by atoms with Gasteiger partial charge in [-0.15, -0.1) is 0 Å². The Kier molecular flexibility index (Phi) is 4.02. The highest BCUT2D eigenvalue weighted by Crippen LogP contribution is 2.30. The Morgan fingerprint density at radius 1 is 0.722 bits per heavy atom. The lowest BCUT2D eigenvalue weighted by Crippen LogP contribution is -1.91. The monoisotopic (exact) mass is 240 g/mol. The second kappa shape index (κ2) is 5.92. The van der Waals surface area contributed by atoms with Gasteiger partial charge < -0.3 is 9.47 Å². The number of ether oxygens (including phenoxy) is 2. The molecule has 2 heteroatoms. The third kappa shape index (κ3) is 2.72. The lowest BCUT2D eigenvalue weighted by atomic mass is 10.1. The summed E-state index contributed by atoms with van der Waals surface area (Å²) in [6, 6.07) is 15.9. The molecule has 0 saturated heterocycles. The maximum atomic E-state index is 5.34. The standard InChI is InChI=1S/C16H16O2/c1-17-15-9-6-10-16(18-2)14(15)12-11-13-7-4-3-5-8-13/h3-12H,1-2H3. The molecule has 2 aromatic carbocycles. The lowest BCUT2D eigenvalue weighted by Gasteiger charge is -2.09. The zero-order chi connectivity index (χ0) is 12.8. The van der Waals surface area contributed by atoms with Gasteiger partial charge in [-0.2, -0.15) is 0 Å². The number of benzene rings is 2. The second-order valence-corrected chi connectivity index (χ2v) is 3.82. The van der Waals surface area contributed by atoms with Gasteiger partial charge in [-0.25, -0.2) is 0 Å². The fraction of sp³-hybridized carbons (Fsp3) is 0.125. The summed E-state index contributed by atoms with van der Waals surface area (Å²) in [6.45, 7) is 0. The van der Waals surface area contributed by atoms with Crippen molar-refractivity contribution in [3.63, 3.8) is 0 Å². The maximum Gasteiger partial charge on any atom is 0.129 e. The van der Waals surface area contributed by atoms with Crippen molar-refractivity contribution >= 4 is 12.2 Å².